The van der Waals surface area contributed by atoms with Gasteiger partial charge in [0.2, 0.25) is 0 Å². The molecule has 0 fully saturated rings. The minimum atomic E-state index is -0.131. The maximum atomic E-state index is 12.5. The highest BCUT2D eigenvalue weighted by atomic mass is 16.6. The molecule has 0 aromatic carbocycles. The van der Waals surface area contributed by atoms with E-state index in [4.69, 9.17) is 9.36 Å². The van der Waals surface area contributed by atoms with Crippen molar-refractivity contribution in [2.45, 2.75) is 65.7 Å². The van der Waals surface area contributed by atoms with Crippen LogP contribution in [0.15, 0.2) is 21.0 Å². The molecule has 0 aliphatic heterocycles. The number of carbonyl (C=O) groups excluding carboxylic acids is 2. The van der Waals surface area contributed by atoms with E-state index in [0.29, 0.717) is 74.3 Å². The third-order valence-corrected chi connectivity index (χ3v) is 4.97. The summed E-state index contributed by atoms with van der Waals surface area (Å²) in [7, 11) is 0. The fraction of sp³-hybridized carbons (Fsp3) is 0.600. The molecule has 2 aliphatic carbocycles. The zero-order valence-electron chi connectivity index (χ0n) is 16.1. The van der Waals surface area contributed by atoms with Gasteiger partial charge < -0.3 is 14.5 Å². The highest BCUT2D eigenvalue weighted by molar-refractivity contribution is 6.23. The van der Waals surface area contributed by atoms with Crippen LogP contribution in [0.5, 0.6) is 0 Å². The van der Waals surface area contributed by atoms with Crippen LogP contribution in [0.4, 0.5) is 0 Å². The minimum absolute atomic E-state index is 0.0385. The molecular weight excluding hydrogens is 348 g/mol. The first-order valence-electron chi connectivity index (χ1n) is 9.47. The lowest BCUT2D eigenvalue weighted by Crippen LogP contribution is -2.26. The van der Waals surface area contributed by atoms with Crippen LogP contribution in [-0.4, -0.2) is 34.1 Å². The Kier molecular flexibility index (Phi) is 5.48. The van der Waals surface area contributed by atoms with Crippen LogP contribution in [0.25, 0.3) is 0 Å². The molecule has 0 radical (unpaired) electrons. The van der Waals surface area contributed by atoms with Gasteiger partial charge in [0.05, 0.1) is 22.5 Å². The lowest BCUT2D eigenvalue weighted by Gasteiger charge is -2.26. The van der Waals surface area contributed by atoms with Crippen LogP contribution < -0.4 is 0 Å². The largest absolute Gasteiger partial charge is 0.511 e. The molecule has 0 saturated carbocycles. The van der Waals surface area contributed by atoms with Crippen molar-refractivity contribution in [1.29, 1.82) is 0 Å². The SMILES string of the molecule is CCON=C(CCc1noc2c1C(=O)CC(C)(C)C2)C1=C(O)CCCC1=O. The number of oxime groups is 1. The molecule has 0 saturated heterocycles. The van der Waals surface area contributed by atoms with E-state index in [9.17, 15) is 14.7 Å². The third kappa shape index (κ3) is 4.12. The molecule has 27 heavy (non-hydrogen) atoms. The van der Waals surface area contributed by atoms with Gasteiger partial charge in [0.1, 0.15) is 18.1 Å². The quantitative estimate of drug-likeness (QED) is 0.601. The molecule has 7 heteroatoms. The Balaban J connectivity index is 1.83. The molecule has 146 valence electrons. The monoisotopic (exact) mass is 374 g/mol. The van der Waals surface area contributed by atoms with Crippen molar-refractivity contribution in [2.24, 2.45) is 10.6 Å². The Hall–Kier alpha value is -2.44. The van der Waals surface area contributed by atoms with Gasteiger partial charge >= 0.3 is 0 Å². The second kappa shape index (κ2) is 7.66. The van der Waals surface area contributed by atoms with E-state index in [0.717, 1.165) is 0 Å². The summed E-state index contributed by atoms with van der Waals surface area (Å²) in [6.07, 6.45) is 3.33. The maximum Gasteiger partial charge on any atom is 0.168 e. The molecular formula is C20H26N2O5. The molecule has 0 unspecified atom stereocenters. The van der Waals surface area contributed by atoms with Crippen molar-refractivity contribution in [2.75, 3.05) is 6.61 Å². The standard InChI is InChI=1S/C20H26N2O5/c1-4-26-21-12(18-14(23)6-5-7-15(18)24)8-9-13-19-16(25)10-20(2,3)11-17(19)27-22-13/h23H,4-11H2,1-3H3. The molecule has 2 aliphatic rings. The normalized spacial score (nSPS) is 20.0. The van der Waals surface area contributed by atoms with E-state index < -0.39 is 0 Å². The third-order valence-electron chi connectivity index (χ3n) is 4.97. The molecule has 7 nitrogen and oxygen atoms in total. The predicted molar refractivity (Wildman–Crippen MR) is 98.8 cm³/mol. The van der Waals surface area contributed by atoms with Gasteiger partial charge in [0.15, 0.2) is 11.6 Å². The fourth-order valence-corrected chi connectivity index (χ4v) is 3.74. The van der Waals surface area contributed by atoms with E-state index in [-0.39, 0.29) is 28.3 Å². The van der Waals surface area contributed by atoms with Crippen molar-refractivity contribution in [1.82, 2.24) is 5.16 Å². The number of Topliss-reactive ketones (excluding diaryl/α,β-unsaturated/α-hetero) is 2. The number of ketones is 2. The van der Waals surface area contributed by atoms with Gasteiger partial charge in [-0.25, -0.2) is 0 Å². The van der Waals surface area contributed by atoms with E-state index in [1.807, 2.05) is 13.8 Å². The second-order valence-corrected chi connectivity index (χ2v) is 7.92. The van der Waals surface area contributed by atoms with Gasteiger partial charge in [-0.15, -0.1) is 0 Å². The summed E-state index contributed by atoms with van der Waals surface area (Å²) in [6.45, 7) is 6.23. The summed E-state index contributed by atoms with van der Waals surface area (Å²) in [5, 5.41) is 18.3. The van der Waals surface area contributed by atoms with Crippen LogP contribution in [-0.2, 0) is 22.5 Å². The second-order valence-electron chi connectivity index (χ2n) is 7.92. The smallest absolute Gasteiger partial charge is 0.168 e. The first-order chi connectivity index (χ1) is 12.8. The molecule has 1 aromatic heterocycles. The first-order valence-corrected chi connectivity index (χ1v) is 9.47. The van der Waals surface area contributed by atoms with E-state index in [1.165, 1.54) is 0 Å². The molecule has 1 heterocycles. The molecule has 1 aromatic rings. The van der Waals surface area contributed by atoms with Crippen LogP contribution >= 0.6 is 0 Å². The number of aryl methyl sites for hydroxylation is 1. The lowest BCUT2D eigenvalue weighted by molar-refractivity contribution is -0.115. The van der Waals surface area contributed by atoms with Crippen LogP contribution in [0.3, 0.4) is 0 Å². The van der Waals surface area contributed by atoms with Gasteiger partial charge in [0, 0.05) is 25.7 Å². The van der Waals surface area contributed by atoms with Gasteiger partial charge in [-0.2, -0.15) is 0 Å². The Morgan fingerprint density at radius 3 is 2.74 bits per heavy atom. The first kappa shape index (κ1) is 19.3. The van der Waals surface area contributed by atoms with Crippen molar-refractivity contribution in [3.63, 3.8) is 0 Å². The number of aliphatic hydroxyl groups is 1. The number of allylic oxidation sites excluding steroid dienone is 2. The highest BCUT2D eigenvalue weighted by Crippen LogP contribution is 2.36. The van der Waals surface area contributed by atoms with Gasteiger partial charge in [-0.05, 0) is 31.6 Å². The maximum absolute atomic E-state index is 12.5. The molecule has 0 spiro atoms. The van der Waals surface area contributed by atoms with Crippen LogP contribution in [0.2, 0.25) is 0 Å². The van der Waals surface area contributed by atoms with Gasteiger partial charge in [-0.1, -0.05) is 24.2 Å². The summed E-state index contributed by atoms with van der Waals surface area (Å²) in [6, 6.07) is 0. The van der Waals surface area contributed by atoms with Crippen molar-refractivity contribution < 1.29 is 24.1 Å². The molecule has 0 bridgehead atoms. The number of carbonyl (C=O) groups is 2. The summed E-state index contributed by atoms with van der Waals surface area (Å²) < 4.78 is 5.42. The van der Waals surface area contributed by atoms with Crippen LogP contribution in [0.1, 0.15) is 74.7 Å². The van der Waals surface area contributed by atoms with Crippen molar-refractivity contribution in [3.05, 3.63) is 28.3 Å². The summed E-state index contributed by atoms with van der Waals surface area (Å²) >= 11 is 0. The fourth-order valence-electron chi connectivity index (χ4n) is 3.74. The average Bonchev–Trinajstić information content (AvgIpc) is 2.98. The number of rotatable bonds is 6. The van der Waals surface area contributed by atoms with Crippen molar-refractivity contribution in [3.8, 4) is 0 Å². The number of aromatic nitrogens is 1. The summed E-state index contributed by atoms with van der Waals surface area (Å²) in [5.74, 6) is 0.601. The molecule has 0 atom stereocenters. The lowest BCUT2D eigenvalue weighted by atomic mass is 9.76. The van der Waals surface area contributed by atoms with Crippen LogP contribution in [0, 0.1) is 5.41 Å². The number of hydrogen-bond acceptors (Lipinski definition) is 7. The van der Waals surface area contributed by atoms with E-state index in [1.54, 1.807) is 6.92 Å². The van der Waals surface area contributed by atoms with Crippen molar-refractivity contribution >= 4 is 17.3 Å². The van der Waals surface area contributed by atoms with E-state index >= 15 is 0 Å². The predicted octanol–water partition coefficient (Wildman–Crippen LogP) is 3.72. The average molecular weight is 374 g/mol. The van der Waals surface area contributed by atoms with E-state index in [2.05, 4.69) is 10.3 Å². The topological polar surface area (TPSA) is 102 Å². The number of nitrogens with zero attached hydrogens (tertiary/aromatic N) is 2. The number of aliphatic hydroxyl groups excluding tert-OH is 1. The zero-order chi connectivity index (χ0) is 19.6. The number of fused-ring (bicyclic) bond motifs is 1. The Bertz CT molecular complexity index is 816. The Labute approximate surface area is 158 Å². The Morgan fingerprint density at radius 1 is 1.26 bits per heavy atom. The summed E-state index contributed by atoms with van der Waals surface area (Å²) in [4.78, 5) is 30.0. The molecule has 3 rings (SSSR count). The molecule has 0 amide bonds. The minimum Gasteiger partial charge on any atom is -0.511 e. The van der Waals surface area contributed by atoms with Gasteiger partial charge in [-0.3, -0.25) is 9.59 Å². The Morgan fingerprint density at radius 2 is 2.04 bits per heavy atom. The molecule has 1 N–H and O–H groups in total. The van der Waals surface area contributed by atoms with Gasteiger partial charge in [0.25, 0.3) is 0 Å². The summed E-state index contributed by atoms with van der Waals surface area (Å²) in [5.41, 5.74) is 1.67. The highest BCUT2D eigenvalue weighted by Gasteiger charge is 2.36. The number of hydrogen-bond donors (Lipinski definition) is 1. The zero-order valence-corrected chi connectivity index (χ0v) is 16.1.